The topological polar surface area (TPSA) is 89.5 Å². The number of ether oxygens (including phenoxy) is 4. The Labute approximate surface area is 265 Å². The van der Waals surface area contributed by atoms with Crippen molar-refractivity contribution in [1.29, 1.82) is 0 Å². The zero-order valence-corrected chi connectivity index (χ0v) is 28.6. The number of fused-ring (bicyclic) bond motifs is 1. The van der Waals surface area contributed by atoms with Gasteiger partial charge in [0.15, 0.2) is 5.75 Å². The molecular formula is C35H55BO8. The fourth-order valence-electron chi connectivity index (χ4n) is 6.93. The van der Waals surface area contributed by atoms with E-state index in [2.05, 4.69) is 20.8 Å². The van der Waals surface area contributed by atoms with Crippen LogP contribution in [-0.2, 0) is 25.2 Å². The van der Waals surface area contributed by atoms with Crippen LogP contribution in [0.2, 0.25) is 6.32 Å². The summed E-state index contributed by atoms with van der Waals surface area (Å²) in [5.41, 5.74) is 0.0632. The van der Waals surface area contributed by atoms with Gasteiger partial charge in [-0.1, -0.05) is 40.2 Å². The van der Waals surface area contributed by atoms with Crippen LogP contribution in [0.5, 0.6) is 11.5 Å². The van der Waals surface area contributed by atoms with Crippen LogP contribution in [0.3, 0.4) is 0 Å². The molecule has 5 rings (SSSR count). The van der Waals surface area contributed by atoms with Crippen molar-refractivity contribution in [3.8, 4) is 11.5 Å². The van der Waals surface area contributed by atoms with Crippen molar-refractivity contribution in [3.05, 3.63) is 23.3 Å². The standard InChI is InChI=1S/C33H49BO8.C2H6/c1-8-9-18-37-29(35)27-25(38-20-22-10-11-22)13-12-23(28(27)39-30(36)40-31(3,4)5)15-17-34-41-21(2)33(7,42-34)26-19-24-14-16-32(24,26)6;1-2/h12-13,21-22,24,26H,8-11,14-20H2,1-7H3;1-2H3. The van der Waals surface area contributed by atoms with E-state index in [0.717, 1.165) is 31.6 Å². The number of benzene rings is 1. The number of hydrogen-bond donors (Lipinski definition) is 0. The molecule has 3 aliphatic carbocycles. The van der Waals surface area contributed by atoms with Crippen molar-refractivity contribution in [2.75, 3.05) is 13.2 Å². The highest BCUT2D eigenvalue weighted by Crippen LogP contribution is 2.68. The quantitative estimate of drug-likeness (QED) is 0.100. The van der Waals surface area contributed by atoms with Crippen molar-refractivity contribution in [2.24, 2.45) is 23.2 Å². The minimum absolute atomic E-state index is 0.0225. The lowest BCUT2D eigenvalue weighted by molar-refractivity contribution is -0.204. The number of rotatable bonds is 12. The average molecular weight is 615 g/mol. The molecule has 1 aromatic rings. The highest BCUT2D eigenvalue weighted by Gasteiger charge is 2.66. The Hall–Kier alpha value is -2.26. The van der Waals surface area contributed by atoms with Gasteiger partial charge in [-0.15, -0.1) is 0 Å². The lowest BCUT2D eigenvalue weighted by atomic mass is 9.39. The molecule has 0 spiro atoms. The summed E-state index contributed by atoms with van der Waals surface area (Å²) in [4.78, 5) is 26.4. The molecule has 1 heterocycles. The molecule has 246 valence electrons. The maximum absolute atomic E-state index is 13.5. The molecule has 5 atom stereocenters. The molecule has 9 heteroatoms. The van der Waals surface area contributed by atoms with E-state index in [-0.39, 0.29) is 29.6 Å². The van der Waals surface area contributed by atoms with E-state index in [1.54, 1.807) is 26.8 Å². The van der Waals surface area contributed by atoms with Gasteiger partial charge in [-0.25, -0.2) is 9.59 Å². The summed E-state index contributed by atoms with van der Waals surface area (Å²) in [6.45, 7) is 18.8. The molecule has 0 bridgehead atoms. The Morgan fingerprint density at radius 2 is 1.84 bits per heavy atom. The molecule has 1 saturated heterocycles. The Balaban J connectivity index is 0.00000216. The number of esters is 1. The monoisotopic (exact) mass is 614 g/mol. The number of hydrogen-bond acceptors (Lipinski definition) is 8. The number of carbonyl (C=O) groups is 2. The van der Waals surface area contributed by atoms with Crippen LogP contribution in [0.4, 0.5) is 4.79 Å². The van der Waals surface area contributed by atoms with Crippen molar-refractivity contribution >= 4 is 19.2 Å². The minimum atomic E-state index is -0.881. The van der Waals surface area contributed by atoms with Gasteiger partial charge < -0.3 is 28.3 Å². The van der Waals surface area contributed by atoms with Crippen LogP contribution >= 0.6 is 0 Å². The van der Waals surface area contributed by atoms with Gasteiger partial charge in [0.2, 0.25) is 0 Å². The molecule has 4 aliphatic rings. The number of unbranched alkanes of at least 4 members (excludes halogenated alkanes) is 1. The van der Waals surface area contributed by atoms with Gasteiger partial charge in [-0.2, -0.15) is 0 Å². The SMILES string of the molecule is CC.CCCCOC(=O)c1c(OCC2CC2)ccc(CCB2OC(C)C(C)(C3CC4CCC43C)O2)c1OC(=O)OC(C)(C)C. The molecular weight excluding hydrogens is 559 g/mol. The molecule has 0 aromatic heterocycles. The third kappa shape index (κ3) is 7.58. The average Bonchev–Trinajstić information content (AvgIpc) is 3.74. The smallest absolute Gasteiger partial charge is 0.492 e. The largest absolute Gasteiger partial charge is 0.514 e. The van der Waals surface area contributed by atoms with Crippen LogP contribution in [0.25, 0.3) is 0 Å². The van der Waals surface area contributed by atoms with E-state index in [0.29, 0.717) is 47.9 Å². The Morgan fingerprint density at radius 1 is 1.11 bits per heavy atom. The van der Waals surface area contributed by atoms with Crippen LogP contribution in [0.15, 0.2) is 12.1 Å². The van der Waals surface area contributed by atoms with Gasteiger partial charge in [-0.3, -0.25) is 0 Å². The maximum atomic E-state index is 13.5. The molecule has 0 radical (unpaired) electrons. The minimum Gasteiger partial charge on any atom is -0.492 e. The predicted octanol–water partition coefficient (Wildman–Crippen LogP) is 8.43. The summed E-state index contributed by atoms with van der Waals surface area (Å²) in [6, 6.07) is 3.64. The summed E-state index contributed by atoms with van der Waals surface area (Å²) in [6.07, 6.45) is 7.73. The first kappa shape index (κ1) is 34.6. The van der Waals surface area contributed by atoms with Crippen molar-refractivity contribution in [2.45, 2.75) is 137 Å². The van der Waals surface area contributed by atoms with E-state index < -0.39 is 24.8 Å². The summed E-state index contributed by atoms with van der Waals surface area (Å²) >= 11 is 0. The van der Waals surface area contributed by atoms with E-state index >= 15 is 0 Å². The zero-order valence-electron chi connectivity index (χ0n) is 28.6. The first-order valence-corrected chi connectivity index (χ1v) is 17.0. The molecule has 44 heavy (non-hydrogen) atoms. The normalized spacial score (nSPS) is 28.9. The molecule has 1 aromatic carbocycles. The van der Waals surface area contributed by atoms with Crippen LogP contribution in [0.1, 0.15) is 123 Å². The Bertz CT molecular complexity index is 1160. The summed E-state index contributed by atoms with van der Waals surface area (Å²) in [7, 11) is -0.396. The van der Waals surface area contributed by atoms with Gasteiger partial charge in [-0.05, 0) is 121 Å². The molecule has 1 aliphatic heterocycles. The molecule has 0 N–H and O–H groups in total. The third-order valence-electron chi connectivity index (χ3n) is 10.1. The first-order chi connectivity index (χ1) is 20.8. The number of carbonyl (C=O) groups excluding carboxylic acids is 2. The van der Waals surface area contributed by atoms with E-state index in [1.165, 1.54) is 19.3 Å². The molecule has 8 nitrogen and oxygen atoms in total. The van der Waals surface area contributed by atoms with E-state index in [9.17, 15) is 9.59 Å². The van der Waals surface area contributed by atoms with Gasteiger partial charge in [0.05, 0.1) is 24.9 Å². The second-order valence-electron chi connectivity index (χ2n) is 14.3. The molecule has 3 saturated carbocycles. The fourth-order valence-corrected chi connectivity index (χ4v) is 6.93. The van der Waals surface area contributed by atoms with Crippen LogP contribution in [0, 0.1) is 23.2 Å². The summed E-state index contributed by atoms with van der Waals surface area (Å²) in [5.74, 6) is 1.69. The Kier molecular flexibility index (Phi) is 11.0. The zero-order chi connectivity index (χ0) is 32.3. The third-order valence-corrected chi connectivity index (χ3v) is 10.1. The second kappa shape index (κ2) is 14.0. The van der Waals surface area contributed by atoms with E-state index in [4.69, 9.17) is 28.3 Å². The van der Waals surface area contributed by atoms with Gasteiger partial charge in [0.25, 0.3) is 0 Å². The van der Waals surface area contributed by atoms with Crippen LogP contribution < -0.4 is 9.47 Å². The fraction of sp³-hybridized carbons (Fsp3) is 0.771. The van der Waals surface area contributed by atoms with Gasteiger partial charge in [0.1, 0.15) is 16.9 Å². The highest BCUT2D eigenvalue weighted by atomic mass is 16.7. The molecule has 0 amide bonds. The predicted molar refractivity (Wildman–Crippen MR) is 171 cm³/mol. The van der Waals surface area contributed by atoms with Crippen molar-refractivity contribution in [3.63, 3.8) is 0 Å². The van der Waals surface area contributed by atoms with E-state index in [1.807, 2.05) is 26.8 Å². The number of aryl methyl sites for hydroxylation is 1. The first-order valence-electron chi connectivity index (χ1n) is 17.0. The van der Waals surface area contributed by atoms with Crippen molar-refractivity contribution in [1.82, 2.24) is 0 Å². The summed E-state index contributed by atoms with van der Waals surface area (Å²) in [5, 5.41) is 0. The van der Waals surface area contributed by atoms with Gasteiger partial charge >= 0.3 is 19.2 Å². The van der Waals surface area contributed by atoms with Crippen LogP contribution in [-0.4, -0.2) is 49.8 Å². The summed E-state index contributed by atoms with van der Waals surface area (Å²) < 4.78 is 36.0. The highest BCUT2D eigenvalue weighted by molar-refractivity contribution is 6.45. The lowest BCUT2D eigenvalue weighted by Crippen LogP contribution is -2.64. The van der Waals surface area contributed by atoms with Crippen molar-refractivity contribution < 1.29 is 37.8 Å². The maximum Gasteiger partial charge on any atom is 0.514 e. The lowest BCUT2D eigenvalue weighted by Gasteiger charge is -2.67. The molecule has 4 fully saturated rings. The second-order valence-corrected chi connectivity index (χ2v) is 14.3. The Morgan fingerprint density at radius 3 is 2.41 bits per heavy atom. The van der Waals surface area contributed by atoms with Gasteiger partial charge in [0, 0.05) is 0 Å². The molecule has 5 unspecified atom stereocenters.